The van der Waals surface area contributed by atoms with Gasteiger partial charge >= 0.3 is 0 Å². The van der Waals surface area contributed by atoms with Crippen molar-refractivity contribution in [2.45, 2.75) is 39.2 Å². The lowest BCUT2D eigenvalue weighted by molar-refractivity contribution is 0.461. The highest BCUT2D eigenvalue weighted by Gasteiger charge is 2.33. The molecule has 1 heterocycles. The molecule has 1 saturated heterocycles. The second-order valence-electron chi connectivity index (χ2n) is 5.67. The van der Waals surface area contributed by atoms with E-state index in [1.807, 2.05) is 0 Å². The minimum atomic E-state index is -3.01. The van der Waals surface area contributed by atoms with Crippen molar-refractivity contribution in [3.63, 3.8) is 0 Å². The Morgan fingerprint density at radius 3 is 2.29 bits per heavy atom. The summed E-state index contributed by atoms with van der Waals surface area (Å²) in [5.41, 5.74) is 0. The second kappa shape index (κ2) is 5.24. The van der Waals surface area contributed by atoms with Crippen LogP contribution in [0.2, 0.25) is 0 Å². The Balaban J connectivity index is 1.73. The van der Waals surface area contributed by atoms with E-state index in [1.54, 1.807) is 4.31 Å². The van der Waals surface area contributed by atoms with E-state index < -0.39 is 10.0 Å². The maximum absolute atomic E-state index is 12.1. The molecule has 17 heavy (non-hydrogen) atoms. The van der Waals surface area contributed by atoms with Crippen LogP contribution in [-0.2, 0) is 10.0 Å². The van der Waals surface area contributed by atoms with Crippen LogP contribution < -0.4 is 5.32 Å². The van der Waals surface area contributed by atoms with Gasteiger partial charge in [-0.2, -0.15) is 0 Å². The maximum atomic E-state index is 12.1. The first-order valence-corrected chi connectivity index (χ1v) is 8.31. The molecule has 1 aliphatic carbocycles. The average molecular weight is 260 g/mol. The molecule has 4 nitrogen and oxygen atoms in total. The highest BCUT2D eigenvalue weighted by atomic mass is 32.2. The molecule has 0 radical (unpaired) electrons. The molecule has 0 amide bonds. The van der Waals surface area contributed by atoms with Gasteiger partial charge < -0.3 is 5.32 Å². The van der Waals surface area contributed by atoms with E-state index in [4.69, 9.17) is 0 Å². The lowest BCUT2D eigenvalue weighted by Gasteiger charge is -2.16. The zero-order valence-corrected chi connectivity index (χ0v) is 11.7. The number of hydrogen-bond donors (Lipinski definition) is 1. The third-order valence-electron chi connectivity index (χ3n) is 3.94. The SMILES string of the molecule is CC1CN(S(=O)(=O)CCCNC2CC2)CC1C. The van der Waals surface area contributed by atoms with Crippen molar-refractivity contribution in [3.05, 3.63) is 0 Å². The number of nitrogens with zero attached hydrogens (tertiary/aromatic N) is 1. The number of nitrogens with one attached hydrogen (secondary N) is 1. The monoisotopic (exact) mass is 260 g/mol. The summed E-state index contributed by atoms with van der Waals surface area (Å²) in [7, 11) is -3.01. The average Bonchev–Trinajstić information content (AvgIpc) is 3.01. The van der Waals surface area contributed by atoms with Crippen LogP contribution in [-0.4, -0.2) is 44.2 Å². The van der Waals surface area contributed by atoms with Crippen LogP contribution >= 0.6 is 0 Å². The Morgan fingerprint density at radius 1 is 1.18 bits per heavy atom. The Hall–Kier alpha value is -0.130. The molecule has 2 aliphatic rings. The van der Waals surface area contributed by atoms with Crippen molar-refractivity contribution in [2.75, 3.05) is 25.4 Å². The fraction of sp³-hybridized carbons (Fsp3) is 1.00. The van der Waals surface area contributed by atoms with Crippen LogP contribution in [0.5, 0.6) is 0 Å². The van der Waals surface area contributed by atoms with Gasteiger partial charge in [-0.25, -0.2) is 12.7 Å². The largest absolute Gasteiger partial charge is 0.314 e. The minimum absolute atomic E-state index is 0.298. The fourth-order valence-corrected chi connectivity index (χ4v) is 3.97. The molecular formula is C12H24N2O2S. The van der Waals surface area contributed by atoms with Crippen molar-refractivity contribution in [1.82, 2.24) is 9.62 Å². The van der Waals surface area contributed by atoms with E-state index in [2.05, 4.69) is 19.2 Å². The lowest BCUT2D eigenvalue weighted by Crippen LogP contribution is -2.32. The van der Waals surface area contributed by atoms with Gasteiger partial charge in [0.15, 0.2) is 0 Å². The van der Waals surface area contributed by atoms with Gasteiger partial charge in [-0.15, -0.1) is 0 Å². The van der Waals surface area contributed by atoms with Crippen molar-refractivity contribution in [3.8, 4) is 0 Å². The van der Waals surface area contributed by atoms with E-state index in [9.17, 15) is 8.42 Å². The van der Waals surface area contributed by atoms with Crippen molar-refractivity contribution >= 4 is 10.0 Å². The number of sulfonamides is 1. The smallest absolute Gasteiger partial charge is 0.214 e. The molecule has 2 unspecified atom stereocenters. The molecule has 0 aromatic rings. The highest BCUT2D eigenvalue weighted by molar-refractivity contribution is 7.89. The molecule has 1 N–H and O–H groups in total. The van der Waals surface area contributed by atoms with Crippen molar-refractivity contribution in [1.29, 1.82) is 0 Å². The van der Waals surface area contributed by atoms with E-state index in [-0.39, 0.29) is 0 Å². The Labute approximate surface area is 105 Å². The summed E-state index contributed by atoms with van der Waals surface area (Å²) in [6, 6.07) is 0.671. The fourth-order valence-electron chi connectivity index (χ4n) is 2.28. The summed E-state index contributed by atoms with van der Waals surface area (Å²) in [6.45, 7) is 6.52. The highest BCUT2D eigenvalue weighted by Crippen LogP contribution is 2.25. The van der Waals surface area contributed by atoms with Crippen LogP contribution in [0, 0.1) is 11.8 Å². The van der Waals surface area contributed by atoms with Crippen LogP contribution in [0.1, 0.15) is 33.1 Å². The van der Waals surface area contributed by atoms with Gasteiger partial charge in [0.05, 0.1) is 5.75 Å². The molecule has 0 bridgehead atoms. The molecule has 0 aromatic carbocycles. The zero-order chi connectivity index (χ0) is 12.5. The Kier molecular flexibility index (Phi) is 4.10. The molecule has 0 aromatic heterocycles. The molecule has 2 atom stereocenters. The van der Waals surface area contributed by atoms with E-state index in [1.165, 1.54) is 12.8 Å². The standard InChI is InChI=1S/C12H24N2O2S/c1-10-8-14(9-11(10)2)17(15,16)7-3-6-13-12-4-5-12/h10-13H,3-9H2,1-2H3. The number of hydrogen-bond acceptors (Lipinski definition) is 3. The van der Waals surface area contributed by atoms with Gasteiger partial charge in [0.2, 0.25) is 10.0 Å². The van der Waals surface area contributed by atoms with Gasteiger partial charge in [-0.1, -0.05) is 13.8 Å². The van der Waals surface area contributed by atoms with Crippen LogP contribution in [0.4, 0.5) is 0 Å². The van der Waals surface area contributed by atoms with E-state index in [0.717, 1.165) is 13.0 Å². The molecule has 1 aliphatic heterocycles. The first kappa shape index (κ1) is 13.3. The summed E-state index contributed by atoms with van der Waals surface area (Å²) >= 11 is 0. The summed E-state index contributed by atoms with van der Waals surface area (Å²) < 4.78 is 25.8. The van der Waals surface area contributed by atoms with Gasteiger partial charge in [0.1, 0.15) is 0 Å². The van der Waals surface area contributed by atoms with Gasteiger partial charge in [0, 0.05) is 19.1 Å². The molecular weight excluding hydrogens is 236 g/mol. The normalized spacial score (nSPS) is 30.9. The summed E-state index contributed by atoms with van der Waals surface area (Å²) in [5, 5.41) is 3.35. The van der Waals surface area contributed by atoms with Crippen molar-refractivity contribution in [2.24, 2.45) is 11.8 Å². The summed E-state index contributed by atoms with van der Waals surface area (Å²) in [4.78, 5) is 0. The predicted molar refractivity (Wildman–Crippen MR) is 69.3 cm³/mol. The van der Waals surface area contributed by atoms with Crippen LogP contribution in [0.15, 0.2) is 0 Å². The quantitative estimate of drug-likeness (QED) is 0.726. The van der Waals surface area contributed by atoms with Gasteiger partial charge in [-0.3, -0.25) is 0 Å². The predicted octanol–water partition coefficient (Wildman–Crippen LogP) is 1.05. The maximum Gasteiger partial charge on any atom is 0.214 e. The van der Waals surface area contributed by atoms with E-state index >= 15 is 0 Å². The third-order valence-corrected chi connectivity index (χ3v) is 5.83. The molecule has 100 valence electrons. The summed E-state index contributed by atoms with van der Waals surface area (Å²) in [5.74, 6) is 1.29. The first-order chi connectivity index (χ1) is 7.99. The lowest BCUT2D eigenvalue weighted by atomic mass is 10.0. The van der Waals surface area contributed by atoms with Crippen LogP contribution in [0.3, 0.4) is 0 Å². The topological polar surface area (TPSA) is 49.4 Å². The van der Waals surface area contributed by atoms with Gasteiger partial charge in [-0.05, 0) is 37.6 Å². The third kappa shape index (κ3) is 3.66. The summed E-state index contributed by atoms with van der Waals surface area (Å²) in [6.07, 6.45) is 3.25. The van der Waals surface area contributed by atoms with Crippen molar-refractivity contribution < 1.29 is 8.42 Å². The molecule has 0 spiro atoms. The molecule has 1 saturated carbocycles. The molecule has 2 rings (SSSR count). The first-order valence-electron chi connectivity index (χ1n) is 6.70. The zero-order valence-electron chi connectivity index (χ0n) is 10.9. The van der Waals surface area contributed by atoms with Gasteiger partial charge in [0.25, 0.3) is 0 Å². The minimum Gasteiger partial charge on any atom is -0.314 e. The Morgan fingerprint density at radius 2 is 1.76 bits per heavy atom. The van der Waals surface area contributed by atoms with E-state index in [0.29, 0.717) is 36.7 Å². The second-order valence-corrected chi connectivity index (χ2v) is 7.76. The molecule has 2 fully saturated rings. The number of rotatable bonds is 6. The molecule has 5 heteroatoms. The Bertz CT molecular complexity index is 342. The van der Waals surface area contributed by atoms with Crippen LogP contribution in [0.25, 0.3) is 0 Å².